The standard InChI is InChI=1S/C18H27N5O2/c1-12-10-17(24-5)19-13(2)16(12)11-22-6-8-23(9-7-22)14(3)18-20-15(4)21-25-18/h10,14H,6-9,11H2,1-5H3. The summed E-state index contributed by atoms with van der Waals surface area (Å²) in [5, 5.41) is 3.90. The van der Waals surface area contributed by atoms with Gasteiger partial charge in [-0.1, -0.05) is 5.16 Å². The molecule has 1 fully saturated rings. The Labute approximate surface area is 149 Å². The van der Waals surface area contributed by atoms with Crippen LogP contribution in [0.1, 0.15) is 41.5 Å². The SMILES string of the molecule is COc1cc(C)c(CN2CCN(C(C)c3nc(C)no3)CC2)c(C)n1. The van der Waals surface area contributed by atoms with Crippen LogP contribution in [0.3, 0.4) is 0 Å². The van der Waals surface area contributed by atoms with Crippen molar-refractivity contribution in [2.45, 2.75) is 40.3 Å². The van der Waals surface area contributed by atoms with E-state index in [1.807, 2.05) is 13.0 Å². The summed E-state index contributed by atoms with van der Waals surface area (Å²) in [6, 6.07) is 2.17. The normalized spacial score (nSPS) is 17.6. The van der Waals surface area contributed by atoms with Crippen molar-refractivity contribution in [3.8, 4) is 5.88 Å². The van der Waals surface area contributed by atoms with E-state index in [9.17, 15) is 0 Å². The monoisotopic (exact) mass is 345 g/mol. The fraction of sp³-hybridized carbons (Fsp3) is 0.611. The third kappa shape index (κ3) is 3.99. The van der Waals surface area contributed by atoms with Gasteiger partial charge in [-0.3, -0.25) is 9.80 Å². The first-order chi connectivity index (χ1) is 12.0. The van der Waals surface area contributed by atoms with E-state index in [1.54, 1.807) is 7.11 Å². The van der Waals surface area contributed by atoms with Gasteiger partial charge in [-0.05, 0) is 38.8 Å². The summed E-state index contributed by atoms with van der Waals surface area (Å²) in [5.74, 6) is 2.09. The predicted octanol–water partition coefficient (Wildman–Crippen LogP) is 2.28. The molecule has 0 bridgehead atoms. The van der Waals surface area contributed by atoms with E-state index in [0.29, 0.717) is 17.6 Å². The number of hydrogen-bond donors (Lipinski definition) is 0. The quantitative estimate of drug-likeness (QED) is 0.823. The lowest BCUT2D eigenvalue weighted by Crippen LogP contribution is -2.46. The molecule has 3 rings (SSSR count). The number of hydrogen-bond acceptors (Lipinski definition) is 7. The lowest BCUT2D eigenvalue weighted by molar-refractivity contribution is 0.0842. The Bertz CT molecular complexity index is 699. The molecule has 1 atom stereocenters. The zero-order chi connectivity index (χ0) is 18.0. The molecular weight excluding hydrogens is 318 g/mol. The van der Waals surface area contributed by atoms with E-state index in [4.69, 9.17) is 9.26 Å². The van der Waals surface area contributed by atoms with Gasteiger partial charge < -0.3 is 9.26 Å². The van der Waals surface area contributed by atoms with Crippen molar-refractivity contribution in [1.82, 2.24) is 24.9 Å². The van der Waals surface area contributed by atoms with E-state index in [1.165, 1.54) is 11.1 Å². The molecule has 0 amide bonds. The van der Waals surface area contributed by atoms with E-state index < -0.39 is 0 Å². The maximum Gasteiger partial charge on any atom is 0.243 e. The molecule has 0 saturated carbocycles. The Kier molecular flexibility index (Phi) is 5.34. The first kappa shape index (κ1) is 17.8. The summed E-state index contributed by atoms with van der Waals surface area (Å²) in [6.07, 6.45) is 0. The van der Waals surface area contributed by atoms with Crippen molar-refractivity contribution < 1.29 is 9.26 Å². The zero-order valence-electron chi connectivity index (χ0n) is 15.7. The summed E-state index contributed by atoms with van der Waals surface area (Å²) < 4.78 is 10.6. The number of piperazine rings is 1. The molecule has 2 aromatic rings. The van der Waals surface area contributed by atoms with Crippen LogP contribution < -0.4 is 4.74 Å². The Morgan fingerprint density at radius 1 is 1.16 bits per heavy atom. The molecule has 1 aliphatic heterocycles. The van der Waals surface area contributed by atoms with Crippen LogP contribution in [-0.4, -0.2) is 58.2 Å². The van der Waals surface area contributed by atoms with Gasteiger partial charge in [-0.25, -0.2) is 4.98 Å². The molecule has 1 aliphatic rings. The number of aryl methyl sites for hydroxylation is 3. The zero-order valence-corrected chi connectivity index (χ0v) is 15.7. The van der Waals surface area contributed by atoms with Gasteiger partial charge in [0.2, 0.25) is 11.8 Å². The average Bonchev–Trinajstić information content (AvgIpc) is 3.04. The molecule has 25 heavy (non-hydrogen) atoms. The third-order valence-corrected chi connectivity index (χ3v) is 4.98. The highest BCUT2D eigenvalue weighted by atomic mass is 16.5. The second kappa shape index (κ2) is 7.49. The molecule has 7 nitrogen and oxygen atoms in total. The number of aromatic nitrogens is 3. The van der Waals surface area contributed by atoms with Crippen LogP contribution in [0.15, 0.2) is 10.6 Å². The number of nitrogens with zero attached hydrogens (tertiary/aromatic N) is 5. The van der Waals surface area contributed by atoms with E-state index >= 15 is 0 Å². The van der Waals surface area contributed by atoms with Crippen LogP contribution in [-0.2, 0) is 6.54 Å². The Morgan fingerprint density at radius 2 is 1.88 bits per heavy atom. The van der Waals surface area contributed by atoms with E-state index in [-0.39, 0.29) is 6.04 Å². The summed E-state index contributed by atoms with van der Waals surface area (Å²) in [6.45, 7) is 13.1. The minimum atomic E-state index is 0.162. The van der Waals surface area contributed by atoms with Gasteiger partial charge >= 0.3 is 0 Å². The van der Waals surface area contributed by atoms with E-state index in [2.05, 4.69) is 45.7 Å². The third-order valence-electron chi connectivity index (χ3n) is 4.98. The molecule has 7 heteroatoms. The largest absolute Gasteiger partial charge is 0.481 e. The number of rotatable bonds is 5. The molecular formula is C18H27N5O2. The van der Waals surface area contributed by atoms with Crippen LogP contribution in [0.4, 0.5) is 0 Å². The van der Waals surface area contributed by atoms with E-state index in [0.717, 1.165) is 38.4 Å². The van der Waals surface area contributed by atoms with Crippen LogP contribution in [0.25, 0.3) is 0 Å². The molecule has 0 aromatic carbocycles. The summed E-state index contributed by atoms with van der Waals surface area (Å²) in [5.41, 5.74) is 3.59. The highest BCUT2D eigenvalue weighted by Gasteiger charge is 2.26. The molecule has 3 heterocycles. The number of ether oxygens (including phenoxy) is 1. The molecule has 0 spiro atoms. The summed E-state index contributed by atoms with van der Waals surface area (Å²) in [4.78, 5) is 13.8. The molecule has 136 valence electrons. The summed E-state index contributed by atoms with van der Waals surface area (Å²) in [7, 11) is 1.66. The predicted molar refractivity (Wildman–Crippen MR) is 94.6 cm³/mol. The summed E-state index contributed by atoms with van der Waals surface area (Å²) >= 11 is 0. The average molecular weight is 345 g/mol. The lowest BCUT2D eigenvalue weighted by atomic mass is 10.1. The van der Waals surface area contributed by atoms with Gasteiger partial charge in [0.1, 0.15) is 0 Å². The first-order valence-corrected chi connectivity index (χ1v) is 8.75. The molecule has 0 aliphatic carbocycles. The van der Waals surface area contributed by atoms with Crippen molar-refractivity contribution in [3.05, 3.63) is 34.6 Å². The van der Waals surface area contributed by atoms with Crippen molar-refractivity contribution in [2.24, 2.45) is 0 Å². The van der Waals surface area contributed by atoms with Gasteiger partial charge in [-0.15, -0.1) is 0 Å². The van der Waals surface area contributed by atoms with Crippen molar-refractivity contribution >= 4 is 0 Å². The van der Waals surface area contributed by atoms with Gasteiger partial charge in [0.05, 0.1) is 13.2 Å². The molecule has 0 radical (unpaired) electrons. The van der Waals surface area contributed by atoms with Crippen LogP contribution >= 0.6 is 0 Å². The fourth-order valence-corrected chi connectivity index (χ4v) is 3.34. The fourth-order valence-electron chi connectivity index (χ4n) is 3.34. The molecule has 1 saturated heterocycles. The van der Waals surface area contributed by atoms with Crippen molar-refractivity contribution in [3.63, 3.8) is 0 Å². The second-order valence-corrected chi connectivity index (χ2v) is 6.71. The van der Waals surface area contributed by atoms with Gasteiger partial charge in [-0.2, -0.15) is 4.98 Å². The highest BCUT2D eigenvalue weighted by molar-refractivity contribution is 5.33. The van der Waals surface area contributed by atoms with Crippen molar-refractivity contribution in [1.29, 1.82) is 0 Å². The highest BCUT2D eigenvalue weighted by Crippen LogP contribution is 2.23. The van der Waals surface area contributed by atoms with Gasteiger partial charge in [0.25, 0.3) is 0 Å². The maximum absolute atomic E-state index is 5.32. The number of pyridine rings is 1. The van der Waals surface area contributed by atoms with Gasteiger partial charge in [0, 0.05) is 44.5 Å². The lowest BCUT2D eigenvalue weighted by Gasteiger charge is -2.37. The molecule has 0 N–H and O–H groups in total. The topological polar surface area (TPSA) is 67.5 Å². The van der Waals surface area contributed by atoms with Crippen molar-refractivity contribution in [2.75, 3.05) is 33.3 Å². The molecule has 1 unspecified atom stereocenters. The maximum atomic E-state index is 5.32. The minimum absolute atomic E-state index is 0.162. The van der Waals surface area contributed by atoms with Crippen LogP contribution in [0.5, 0.6) is 5.88 Å². The second-order valence-electron chi connectivity index (χ2n) is 6.71. The van der Waals surface area contributed by atoms with Gasteiger partial charge in [0.15, 0.2) is 5.82 Å². The Morgan fingerprint density at radius 3 is 2.44 bits per heavy atom. The Balaban J connectivity index is 1.60. The number of methoxy groups -OCH3 is 1. The van der Waals surface area contributed by atoms with Crippen LogP contribution in [0, 0.1) is 20.8 Å². The van der Waals surface area contributed by atoms with Crippen LogP contribution in [0.2, 0.25) is 0 Å². The minimum Gasteiger partial charge on any atom is -0.481 e. The Hall–Kier alpha value is -1.99. The molecule has 2 aromatic heterocycles. The smallest absolute Gasteiger partial charge is 0.243 e. The first-order valence-electron chi connectivity index (χ1n) is 8.75.